The Labute approximate surface area is 128 Å². The molecule has 21 heavy (non-hydrogen) atoms. The lowest BCUT2D eigenvalue weighted by Gasteiger charge is -2.21. The third kappa shape index (κ3) is 4.19. The number of rotatable bonds is 5. The maximum absolute atomic E-state index is 6.14. The fourth-order valence-corrected chi connectivity index (χ4v) is 2.83. The fraction of sp³-hybridized carbons (Fsp3) is 0.722. The van der Waals surface area contributed by atoms with Crippen molar-refractivity contribution in [1.82, 2.24) is 10.3 Å². The zero-order valence-electron chi connectivity index (χ0n) is 13.6. The molecular formula is C18H28N2O. The summed E-state index contributed by atoms with van der Waals surface area (Å²) in [6, 6.07) is 5.09. The lowest BCUT2D eigenvalue weighted by atomic mass is 9.91. The van der Waals surface area contributed by atoms with Crippen molar-refractivity contribution in [2.75, 3.05) is 0 Å². The van der Waals surface area contributed by atoms with Crippen molar-refractivity contribution in [1.29, 1.82) is 0 Å². The summed E-state index contributed by atoms with van der Waals surface area (Å²) in [7, 11) is 0. The first-order valence-corrected chi connectivity index (χ1v) is 8.42. The van der Waals surface area contributed by atoms with Gasteiger partial charge in [0.05, 0.1) is 5.69 Å². The van der Waals surface area contributed by atoms with Gasteiger partial charge in [0.15, 0.2) is 0 Å². The fourth-order valence-electron chi connectivity index (χ4n) is 2.83. The molecule has 3 rings (SSSR count). The zero-order chi connectivity index (χ0) is 14.9. The number of aromatic nitrogens is 1. The Morgan fingerprint density at radius 1 is 1.14 bits per heavy atom. The molecule has 2 saturated carbocycles. The molecule has 1 aromatic rings. The molecule has 0 aliphatic heterocycles. The third-order valence-electron chi connectivity index (χ3n) is 4.39. The highest BCUT2D eigenvalue weighted by molar-refractivity contribution is 5.29. The van der Waals surface area contributed by atoms with E-state index in [1.54, 1.807) is 0 Å². The van der Waals surface area contributed by atoms with Crippen molar-refractivity contribution >= 4 is 0 Å². The Morgan fingerprint density at radius 2 is 1.86 bits per heavy atom. The van der Waals surface area contributed by atoms with Gasteiger partial charge in [-0.25, -0.2) is 4.98 Å². The van der Waals surface area contributed by atoms with Crippen LogP contribution in [0.2, 0.25) is 0 Å². The van der Waals surface area contributed by atoms with E-state index in [4.69, 9.17) is 9.72 Å². The van der Waals surface area contributed by atoms with Crippen LogP contribution in [0.1, 0.15) is 70.6 Å². The summed E-state index contributed by atoms with van der Waals surface area (Å²) in [5, 5.41) is 3.59. The first-order valence-electron chi connectivity index (χ1n) is 8.42. The summed E-state index contributed by atoms with van der Waals surface area (Å²) in [5.41, 5.74) is 2.49. The van der Waals surface area contributed by atoms with Crippen molar-refractivity contribution in [3.63, 3.8) is 0 Å². The van der Waals surface area contributed by atoms with Gasteiger partial charge in [0.2, 0.25) is 5.88 Å². The van der Waals surface area contributed by atoms with Crippen LogP contribution < -0.4 is 10.1 Å². The van der Waals surface area contributed by atoms with Gasteiger partial charge in [-0.1, -0.05) is 20.8 Å². The Kier molecular flexibility index (Phi) is 4.21. The van der Waals surface area contributed by atoms with Gasteiger partial charge in [0.25, 0.3) is 0 Å². The summed E-state index contributed by atoms with van der Waals surface area (Å²) in [6.07, 6.45) is 7.95. The molecule has 0 amide bonds. The molecule has 3 nitrogen and oxygen atoms in total. The van der Waals surface area contributed by atoms with Crippen LogP contribution in [0.3, 0.4) is 0 Å². The summed E-state index contributed by atoms with van der Waals surface area (Å²) in [6.45, 7) is 7.57. The Bertz CT molecular complexity index is 482. The minimum atomic E-state index is 0.0589. The van der Waals surface area contributed by atoms with Gasteiger partial charge >= 0.3 is 0 Å². The van der Waals surface area contributed by atoms with E-state index in [1.807, 2.05) is 0 Å². The molecule has 116 valence electrons. The number of nitrogens with zero attached hydrogens (tertiary/aromatic N) is 1. The quantitative estimate of drug-likeness (QED) is 0.890. The highest BCUT2D eigenvalue weighted by Crippen LogP contribution is 2.28. The average Bonchev–Trinajstić information content (AvgIpc) is 3.12. The molecule has 0 aromatic carbocycles. The van der Waals surface area contributed by atoms with Crippen LogP contribution >= 0.6 is 0 Å². The third-order valence-corrected chi connectivity index (χ3v) is 4.39. The Hall–Kier alpha value is -1.09. The van der Waals surface area contributed by atoms with Crippen LogP contribution in [0.25, 0.3) is 0 Å². The monoisotopic (exact) mass is 288 g/mol. The maximum atomic E-state index is 6.14. The Balaban J connectivity index is 1.76. The topological polar surface area (TPSA) is 34.1 Å². The van der Waals surface area contributed by atoms with Gasteiger partial charge < -0.3 is 10.1 Å². The van der Waals surface area contributed by atoms with Gasteiger partial charge in [0, 0.05) is 24.1 Å². The van der Waals surface area contributed by atoms with Crippen molar-refractivity contribution in [2.45, 2.75) is 83.4 Å². The van der Waals surface area contributed by atoms with E-state index in [-0.39, 0.29) is 5.41 Å². The van der Waals surface area contributed by atoms with E-state index in [2.05, 4.69) is 38.2 Å². The summed E-state index contributed by atoms with van der Waals surface area (Å²) in [4.78, 5) is 4.76. The van der Waals surface area contributed by atoms with Crippen LogP contribution in [0, 0.1) is 0 Å². The summed E-state index contributed by atoms with van der Waals surface area (Å²) < 4.78 is 6.14. The van der Waals surface area contributed by atoms with Crippen LogP contribution in [0.5, 0.6) is 5.88 Å². The zero-order valence-corrected chi connectivity index (χ0v) is 13.6. The molecule has 3 heteroatoms. The van der Waals surface area contributed by atoms with E-state index in [0.29, 0.717) is 6.10 Å². The molecule has 0 radical (unpaired) electrons. The van der Waals surface area contributed by atoms with E-state index in [1.165, 1.54) is 44.1 Å². The SMILES string of the molecule is CC(C)(C)c1cc(CNC2CC2)cc(OC2CCCC2)n1. The van der Waals surface area contributed by atoms with Gasteiger partial charge in [-0.05, 0) is 50.2 Å². The van der Waals surface area contributed by atoms with Crippen LogP contribution in [-0.2, 0) is 12.0 Å². The second-order valence-electron chi connectivity index (χ2n) is 7.63. The number of nitrogens with one attached hydrogen (secondary N) is 1. The molecule has 1 N–H and O–H groups in total. The molecule has 0 saturated heterocycles. The van der Waals surface area contributed by atoms with Gasteiger partial charge in [-0.2, -0.15) is 0 Å². The van der Waals surface area contributed by atoms with Gasteiger partial charge in [-0.15, -0.1) is 0 Å². The average molecular weight is 288 g/mol. The predicted molar refractivity (Wildman–Crippen MR) is 85.7 cm³/mol. The number of hydrogen-bond acceptors (Lipinski definition) is 3. The van der Waals surface area contributed by atoms with Crippen molar-refractivity contribution < 1.29 is 4.74 Å². The highest BCUT2D eigenvalue weighted by atomic mass is 16.5. The molecule has 2 aliphatic carbocycles. The first kappa shape index (κ1) is 14.8. The number of ether oxygens (including phenoxy) is 1. The minimum Gasteiger partial charge on any atom is -0.474 e. The van der Waals surface area contributed by atoms with Crippen molar-refractivity contribution in [3.05, 3.63) is 23.4 Å². The maximum Gasteiger partial charge on any atom is 0.214 e. The van der Waals surface area contributed by atoms with Crippen molar-refractivity contribution in [2.24, 2.45) is 0 Å². The molecule has 1 aromatic heterocycles. The van der Waals surface area contributed by atoms with Crippen molar-refractivity contribution in [3.8, 4) is 5.88 Å². The summed E-state index contributed by atoms with van der Waals surface area (Å²) >= 11 is 0. The summed E-state index contributed by atoms with van der Waals surface area (Å²) in [5.74, 6) is 0.821. The predicted octanol–water partition coefficient (Wildman–Crippen LogP) is 3.95. The second-order valence-corrected chi connectivity index (χ2v) is 7.63. The van der Waals surface area contributed by atoms with E-state index in [0.717, 1.165) is 24.2 Å². The minimum absolute atomic E-state index is 0.0589. The van der Waals surface area contributed by atoms with Gasteiger partial charge in [0.1, 0.15) is 6.10 Å². The van der Waals surface area contributed by atoms with E-state index >= 15 is 0 Å². The molecular weight excluding hydrogens is 260 g/mol. The van der Waals surface area contributed by atoms with Crippen LogP contribution in [0.4, 0.5) is 0 Å². The molecule has 0 spiro atoms. The molecule has 1 heterocycles. The second kappa shape index (κ2) is 5.96. The molecule has 0 bridgehead atoms. The largest absolute Gasteiger partial charge is 0.474 e. The normalized spacial score (nSPS) is 20.0. The van der Waals surface area contributed by atoms with Gasteiger partial charge in [-0.3, -0.25) is 0 Å². The first-order chi connectivity index (χ1) is 10.0. The Morgan fingerprint density at radius 3 is 2.48 bits per heavy atom. The number of pyridine rings is 1. The van der Waals surface area contributed by atoms with E-state index in [9.17, 15) is 0 Å². The lowest BCUT2D eigenvalue weighted by Crippen LogP contribution is -2.20. The number of hydrogen-bond donors (Lipinski definition) is 1. The molecule has 2 fully saturated rings. The molecule has 0 unspecified atom stereocenters. The highest BCUT2D eigenvalue weighted by Gasteiger charge is 2.23. The molecule has 2 aliphatic rings. The van der Waals surface area contributed by atoms with Crippen LogP contribution in [-0.4, -0.2) is 17.1 Å². The van der Waals surface area contributed by atoms with E-state index < -0.39 is 0 Å². The lowest BCUT2D eigenvalue weighted by molar-refractivity contribution is 0.200. The van der Waals surface area contributed by atoms with Crippen LogP contribution in [0.15, 0.2) is 12.1 Å². The smallest absolute Gasteiger partial charge is 0.214 e. The standard InChI is InChI=1S/C18H28N2O/c1-18(2,3)16-10-13(12-19-14-8-9-14)11-17(20-16)21-15-6-4-5-7-15/h10-11,14-15,19H,4-9,12H2,1-3H3. The molecule has 0 atom stereocenters.